The maximum Gasteiger partial charge on any atom is 0.306 e. The standard InChI is InChI=1S/C8H10O2.C5H10O2/c1-6-3-4-7(9)8(5-6)10-2;1-3-4(2)5(6)7/h3-5,9H,1-2H3;4H,3H2,1-2H3,(H,6,7). The van der Waals surface area contributed by atoms with Gasteiger partial charge in [-0.15, -0.1) is 0 Å². The maximum atomic E-state index is 9.93. The third kappa shape index (κ3) is 5.80. The normalized spacial score (nSPS) is 11.1. The van der Waals surface area contributed by atoms with E-state index >= 15 is 0 Å². The number of aryl methyl sites for hydroxylation is 1. The van der Waals surface area contributed by atoms with Gasteiger partial charge in [-0.2, -0.15) is 0 Å². The molecule has 1 rings (SSSR count). The van der Waals surface area contributed by atoms with Gasteiger partial charge in [-0.1, -0.05) is 19.9 Å². The van der Waals surface area contributed by atoms with Gasteiger partial charge in [0.1, 0.15) is 0 Å². The van der Waals surface area contributed by atoms with Crippen LogP contribution in [0, 0.1) is 12.8 Å². The van der Waals surface area contributed by atoms with E-state index in [1.807, 2.05) is 19.9 Å². The fourth-order valence-electron chi connectivity index (χ4n) is 0.959. The van der Waals surface area contributed by atoms with Crippen molar-refractivity contribution < 1.29 is 19.7 Å². The van der Waals surface area contributed by atoms with E-state index in [1.54, 1.807) is 19.1 Å². The first-order valence-corrected chi connectivity index (χ1v) is 5.48. The second-order valence-corrected chi connectivity index (χ2v) is 3.82. The van der Waals surface area contributed by atoms with Gasteiger partial charge in [-0.25, -0.2) is 0 Å². The lowest BCUT2D eigenvalue weighted by molar-refractivity contribution is -0.141. The summed E-state index contributed by atoms with van der Waals surface area (Å²) in [6.07, 6.45) is 0.718. The monoisotopic (exact) mass is 240 g/mol. The number of ether oxygens (including phenoxy) is 1. The van der Waals surface area contributed by atoms with Gasteiger partial charge in [0.25, 0.3) is 0 Å². The molecule has 1 aromatic rings. The first-order valence-electron chi connectivity index (χ1n) is 5.48. The van der Waals surface area contributed by atoms with Crippen molar-refractivity contribution in [1.29, 1.82) is 0 Å². The van der Waals surface area contributed by atoms with Gasteiger partial charge in [0.15, 0.2) is 11.5 Å². The molecule has 0 fully saturated rings. The van der Waals surface area contributed by atoms with Crippen molar-refractivity contribution >= 4 is 5.97 Å². The lowest BCUT2D eigenvalue weighted by Gasteiger charge is -2.02. The number of carbonyl (C=O) groups is 1. The predicted molar refractivity (Wildman–Crippen MR) is 66.5 cm³/mol. The lowest BCUT2D eigenvalue weighted by Crippen LogP contribution is -2.06. The zero-order valence-corrected chi connectivity index (χ0v) is 10.7. The van der Waals surface area contributed by atoms with Gasteiger partial charge >= 0.3 is 5.97 Å². The largest absolute Gasteiger partial charge is 0.504 e. The van der Waals surface area contributed by atoms with Crippen LogP contribution >= 0.6 is 0 Å². The summed E-state index contributed by atoms with van der Waals surface area (Å²) in [6, 6.07) is 5.24. The highest BCUT2D eigenvalue weighted by Gasteiger charge is 2.05. The maximum absolute atomic E-state index is 9.93. The van der Waals surface area contributed by atoms with Gasteiger partial charge < -0.3 is 14.9 Å². The Morgan fingerprint density at radius 1 is 1.47 bits per heavy atom. The molecule has 1 atom stereocenters. The van der Waals surface area contributed by atoms with E-state index in [2.05, 4.69) is 0 Å². The third-order valence-corrected chi connectivity index (χ3v) is 2.37. The number of aliphatic carboxylic acids is 1. The Morgan fingerprint density at radius 3 is 2.35 bits per heavy atom. The van der Waals surface area contributed by atoms with Gasteiger partial charge in [0.2, 0.25) is 0 Å². The predicted octanol–water partition coefficient (Wildman–Crippen LogP) is 2.83. The van der Waals surface area contributed by atoms with Crippen LogP contribution in [0.4, 0.5) is 0 Å². The number of phenols is 1. The molecule has 0 aromatic heterocycles. The minimum Gasteiger partial charge on any atom is -0.504 e. The first kappa shape index (κ1) is 15.3. The molecule has 0 spiro atoms. The molecule has 0 aliphatic heterocycles. The van der Waals surface area contributed by atoms with Crippen LogP contribution in [0.15, 0.2) is 18.2 Å². The Hall–Kier alpha value is -1.71. The summed E-state index contributed by atoms with van der Waals surface area (Å²) < 4.78 is 4.88. The second-order valence-electron chi connectivity index (χ2n) is 3.82. The van der Waals surface area contributed by atoms with E-state index in [0.29, 0.717) is 5.75 Å². The fraction of sp³-hybridized carbons (Fsp3) is 0.462. The van der Waals surface area contributed by atoms with E-state index in [9.17, 15) is 4.79 Å². The van der Waals surface area contributed by atoms with Crippen LogP contribution in [0.1, 0.15) is 25.8 Å². The topological polar surface area (TPSA) is 66.8 Å². The Labute approximate surface area is 102 Å². The number of methoxy groups -OCH3 is 1. The number of benzene rings is 1. The minimum absolute atomic E-state index is 0.181. The Bertz CT molecular complexity index is 360. The van der Waals surface area contributed by atoms with Crippen LogP contribution in [0.3, 0.4) is 0 Å². The molecule has 0 saturated heterocycles. The van der Waals surface area contributed by atoms with Crippen LogP contribution in [0.2, 0.25) is 0 Å². The Morgan fingerprint density at radius 2 is 2.06 bits per heavy atom. The zero-order valence-electron chi connectivity index (χ0n) is 10.7. The number of phenolic OH excluding ortho intramolecular Hbond substituents is 1. The van der Waals surface area contributed by atoms with Crippen molar-refractivity contribution in [2.24, 2.45) is 5.92 Å². The molecular weight excluding hydrogens is 220 g/mol. The van der Waals surface area contributed by atoms with E-state index in [0.717, 1.165) is 12.0 Å². The van der Waals surface area contributed by atoms with E-state index < -0.39 is 5.97 Å². The van der Waals surface area contributed by atoms with Crippen molar-refractivity contribution in [1.82, 2.24) is 0 Å². The zero-order chi connectivity index (χ0) is 13.4. The Balaban J connectivity index is 0.000000325. The molecule has 1 unspecified atom stereocenters. The summed E-state index contributed by atoms with van der Waals surface area (Å²) in [5, 5.41) is 17.3. The summed E-state index contributed by atoms with van der Waals surface area (Å²) in [7, 11) is 1.54. The molecule has 4 nitrogen and oxygen atoms in total. The van der Waals surface area contributed by atoms with Crippen molar-refractivity contribution in [2.45, 2.75) is 27.2 Å². The fourth-order valence-corrected chi connectivity index (χ4v) is 0.959. The van der Waals surface area contributed by atoms with Crippen molar-refractivity contribution in [3.63, 3.8) is 0 Å². The van der Waals surface area contributed by atoms with Crippen LogP contribution in [0.5, 0.6) is 11.5 Å². The molecule has 0 radical (unpaired) electrons. The lowest BCUT2D eigenvalue weighted by atomic mass is 10.1. The molecule has 0 bridgehead atoms. The molecule has 0 amide bonds. The smallest absolute Gasteiger partial charge is 0.306 e. The molecule has 4 heteroatoms. The van der Waals surface area contributed by atoms with E-state index in [4.69, 9.17) is 14.9 Å². The highest BCUT2D eigenvalue weighted by Crippen LogP contribution is 2.25. The third-order valence-electron chi connectivity index (χ3n) is 2.37. The quantitative estimate of drug-likeness (QED) is 0.852. The van der Waals surface area contributed by atoms with Crippen LogP contribution < -0.4 is 4.74 Å². The van der Waals surface area contributed by atoms with Crippen LogP contribution in [-0.2, 0) is 4.79 Å². The van der Waals surface area contributed by atoms with Gasteiger partial charge in [0.05, 0.1) is 13.0 Å². The molecule has 0 saturated carbocycles. The number of hydrogen-bond acceptors (Lipinski definition) is 3. The molecule has 0 aliphatic rings. The van der Waals surface area contributed by atoms with Crippen molar-refractivity contribution in [3.05, 3.63) is 23.8 Å². The first-order chi connectivity index (χ1) is 7.92. The molecule has 17 heavy (non-hydrogen) atoms. The van der Waals surface area contributed by atoms with Gasteiger partial charge in [-0.05, 0) is 31.0 Å². The summed E-state index contributed by atoms with van der Waals surface area (Å²) in [6.45, 7) is 5.50. The number of carboxylic acid groups (broad SMARTS) is 1. The molecule has 0 heterocycles. The van der Waals surface area contributed by atoms with E-state index in [-0.39, 0.29) is 11.7 Å². The highest BCUT2D eigenvalue weighted by atomic mass is 16.5. The summed E-state index contributed by atoms with van der Waals surface area (Å²) >= 11 is 0. The molecule has 96 valence electrons. The average Bonchev–Trinajstić information content (AvgIpc) is 2.31. The van der Waals surface area contributed by atoms with Crippen LogP contribution in [0.25, 0.3) is 0 Å². The number of rotatable bonds is 3. The number of carboxylic acids is 1. The summed E-state index contributed by atoms with van der Waals surface area (Å²) in [4.78, 5) is 9.93. The minimum atomic E-state index is -0.706. The van der Waals surface area contributed by atoms with Crippen molar-refractivity contribution in [3.8, 4) is 11.5 Å². The number of aromatic hydroxyl groups is 1. The average molecular weight is 240 g/mol. The molecule has 2 N–H and O–H groups in total. The SMILES string of the molecule is CCC(C)C(=O)O.COc1cc(C)ccc1O. The Kier molecular flexibility index (Phi) is 6.79. The molecular formula is C13H20O4. The van der Waals surface area contributed by atoms with Crippen molar-refractivity contribution in [2.75, 3.05) is 7.11 Å². The summed E-state index contributed by atoms with van der Waals surface area (Å²) in [5.74, 6) is -0.171. The van der Waals surface area contributed by atoms with Gasteiger partial charge in [-0.3, -0.25) is 4.79 Å². The van der Waals surface area contributed by atoms with E-state index in [1.165, 1.54) is 7.11 Å². The van der Waals surface area contributed by atoms with Crippen LogP contribution in [-0.4, -0.2) is 23.3 Å². The highest BCUT2D eigenvalue weighted by molar-refractivity contribution is 5.69. The number of hydrogen-bond donors (Lipinski definition) is 2. The second kappa shape index (κ2) is 7.54. The molecule has 0 aliphatic carbocycles. The molecule has 1 aromatic carbocycles. The van der Waals surface area contributed by atoms with Gasteiger partial charge in [0, 0.05) is 0 Å². The summed E-state index contributed by atoms with van der Waals surface area (Å²) in [5.41, 5.74) is 1.08.